The second-order valence-electron chi connectivity index (χ2n) is 9.39. The third kappa shape index (κ3) is 7.23. The highest BCUT2D eigenvalue weighted by Crippen LogP contribution is 2.39. The molecular weight excluding hydrogens is 515 g/mol. The summed E-state index contributed by atoms with van der Waals surface area (Å²) >= 11 is 1.50. The molecule has 198 valence electrons. The zero-order chi connectivity index (χ0) is 26.4. The first kappa shape index (κ1) is 27.4. The predicted octanol–water partition coefficient (Wildman–Crippen LogP) is 4.57. The maximum atomic E-state index is 13.6. The number of rotatable bonds is 9. The number of amides is 2. The lowest BCUT2D eigenvalue weighted by Crippen LogP contribution is -2.49. The molecule has 1 aliphatic carbocycles. The lowest BCUT2D eigenvalue weighted by Gasteiger charge is -2.27. The van der Waals surface area contributed by atoms with E-state index >= 15 is 0 Å². The Bertz CT molecular complexity index is 1200. The summed E-state index contributed by atoms with van der Waals surface area (Å²) in [6, 6.07) is 10.6. The topological polar surface area (TPSA) is 133 Å². The summed E-state index contributed by atoms with van der Waals surface area (Å²) < 4.78 is 15.7. The third-order valence-electron chi connectivity index (χ3n) is 6.77. The van der Waals surface area contributed by atoms with Gasteiger partial charge in [0, 0.05) is 22.8 Å². The van der Waals surface area contributed by atoms with Gasteiger partial charge in [-0.1, -0.05) is 44.2 Å². The number of para-hydroxylation sites is 1. The normalized spacial score (nSPS) is 18.6. The summed E-state index contributed by atoms with van der Waals surface area (Å²) in [7, 11) is -4.88. The van der Waals surface area contributed by atoms with Gasteiger partial charge in [0.2, 0.25) is 5.91 Å². The number of aldehydes is 1. The Kier molecular flexibility index (Phi) is 9.08. The minimum absolute atomic E-state index is 0.0728. The van der Waals surface area contributed by atoms with E-state index in [4.69, 9.17) is 9.79 Å². The van der Waals surface area contributed by atoms with Gasteiger partial charge in [-0.25, -0.2) is 4.57 Å². The van der Waals surface area contributed by atoms with Crippen molar-refractivity contribution >= 4 is 43.4 Å². The maximum absolute atomic E-state index is 13.6. The first-order chi connectivity index (χ1) is 17.7. The summed E-state index contributed by atoms with van der Waals surface area (Å²) in [4.78, 5) is 58.9. The molecule has 37 heavy (non-hydrogen) atoms. The molecule has 1 fully saturated rings. The second kappa shape index (κ2) is 12.3. The van der Waals surface area contributed by atoms with Crippen molar-refractivity contribution in [1.29, 1.82) is 0 Å². The Hall–Kier alpha value is -2.65. The number of nitrogens with one attached hydrogen (secondary N) is 1. The number of anilines is 1. The summed E-state index contributed by atoms with van der Waals surface area (Å²) in [5.41, 5.74) is 0.734. The van der Waals surface area contributed by atoms with E-state index in [1.165, 1.54) is 56.0 Å². The molecule has 1 saturated carbocycles. The van der Waals surface area contributed by atoms with Crippen LogP contribution in [0.25, 0.3) is 0 Å². The fraction of sp³-hybridized carbons (Fsp3) is 0.423. The Labute approximate surface area is 220 Å². The molecule has 1 atom stereocenters. The van der Waals surface area contributed by atoms with Crippen molar-refractivity contribution in [1.82, 2.24) is 5.32 Å². The Morgan fingerprint density at radius 1 is 1.16 bits per heavy atom. The van der Waals surface area contributed by atoms with E-state index in [0.717, 1.165) is 29.5 Å². The molecule has 1 heterocycles. The van der Waals surface area contributed by atoms with E-state index in [9.17, 15) is 18.9 Å². The van der Waals surface area contributed by atoms with E-state index < -0.39 is 19.8 Å². The van der Waals surface area contributed by atoms with Crippen molar-refractivity contribution in [3.63, 3.8) is 0 Å². The van der Waals surface area contributed by atoms with Gasteiger partial charge in [-0.3, -0.25) is 24.2 Å². The van der Waals surface area contributed by atoms with Gasteiger partial charge in [0.1, 0.15) is 11.8 Å². The SMILES string of the molecule is O=Cc1cc(C(=O)N[C@H]2CSc3ccccc3N(CCCC3CCCCC3)C2=O)ccc1OP(=O)(O)O. The molecule has 9 nitrogen and oxygen atoms in total. The molecular formula is C26H31N2O7PS. The van der Waals surface area contributed by atoms with Gasteiger partial charge in [0.05, 0.1) is 11.3 Å². The van der Waals surface area contributed by atoms with E-state index in [1.54, 1.807) is 4.90 Å². The van der Waals surface area contributed by atoms with Crippen LogP contribution in [0, 0.1) is 5.92 Å². The van der Waals surface area contributed by atoms with E-state index in [2.05, 4.69) is 9.84 Å². The number of phosphoric ester groups is 1. The average molecular weight is 547 g/mol. The van der Waals surface area contributed by atoms with Crippen LogP contribution in [0.4, 0.5) is 5.69 Å². The number of fused-ring (bicyclic) bond motifs is 1. The van der Waals surface area contributed by atoms with Crippen molar-refractivity contribution in [2.24, 2.45) is 5.92 Å². The largest absolute Gasteiger partial charge is 0.524 e. The third-order valence-corrected chi connectivity index (χ3v) is 8.36. The van der Waals surface area contributed by atoms with Crippen molar-refractivity contribution in [2.75, 3.05) is 17.2 Å². The Morgan fingerprint density at radius 2 is 1.92 bits per heavy atom. The van der Waals surface area contributed by atoms with Crippen LogP contribution in [0.2, 0.25) is 0 Å². The van der Waals surface area contributed by atoms with Crippen LogP contribution in [0.15, 0.2) is 47.4 Å². The maximum Gasteiger partial charge on any atom is 0.524 e. The molecule has 0 unspecified atom stereocenters. The smallest absolute Gasteiger partial charge is 0.403 e. The van der Waals surface area contributed by atoms with Gasteiger partial charge in [0.15, 0.2) is 6.29 Å². The van der Waals surface area contributed by atoms with Gasteiger partial charge in [0.25, 0.3) is 5.91 Å². The first-order valence-electron chi connectivity index (χ1n) is 12.4. The summed E-state index contributed by atoms with van der Waals surface area (Å²) in [6.07, 6.45) is 8.67. The fourth-order valence-electron chi connectivity index (χ4n) is 4.94. The summed E-state index contributed by atoms with van der Waals surface area (Å²) in [5.74, 6) is -0.0360. The number of hydrogen-bond acceptors (Lipinski definition) is 6. The number of nitrogens with zero attached hydrogens (tertiary/aromatic N) is 1. The Morgan fingerprint density at radius 3 is 2.65 bits per heavy atom. The summed E-state index contributed by atoms with van der Waals surface area (Å²) in [6.45, 7) is 0.572. The van der Waals surface area contributed by atoms with E-state index in [-0.39, 0.29) is 22.8 Å². The monoisotopic (exact) mass is 546 g/mol. The zero-order valence-corrected chi connectivity index (χ0v) is 22.1. The van der Waals surface area contributed by atoms with Crippen molar-refractivity contribution in [3.05, 3.63) is 53.6 Å². The first-order valence-corrected chi connectivity index (χ1v) is 14.9. The van der Waals surface area contributed by atoms with Crippen LogP contribution < -0.4 is 14.7 Å². The number of benzene rings is 2. The molecule has 0 radical (unpaired) electrons. The van der Waals surface area contributed by atoms with Crippen LogP contribution in [-0.2, 0) is 9.36 Å². The average Bonchev–Trinajstić information content (AvgIpc) is 3.01. The molecule has 2 aromatic rings. The Balaban J connectivity index is 1.48. The van der Waals surface area contributed by atoms with Gasteiger partial charge < -0.3 is 14.7 Å². The van der Waals surface area contributed by atoms with Crippen molar-refractivity contribution in [2.45, 2.75) is 55.9 Å². The van der Waals surface area contributed by atoms with E-state index in [1.807, 2.05) is 24.3 Å². The molecule has 0 saturated heterocycles. The molecule has 2 aliphatic rings. The number of hydrogen-bond donors (Lipinski definition) is 3. The molecule has 3 N–H and O–H groups in total. The zero-order valence-electron chi connectivity index (χ0n) is 20.4. The molecule has 0 spiro atoms. The number of thioether (sulfide) groups is 1. The molecule has 2 amide bonds. The molecule has 2 aromatic carbocycles. The van der Waals surface area contributed by atoms with Crippen LogP contribution >= 0.6 is 19.6 Å². The molecule has 0 aromatic heterocycles. The van der Waals surface area contributed by atoms with Crippen molar-refractivity contribution in [3.8, 4) is 5.75 Å². The van der Waals surface area contributed by atoms with Crippen LogP contribution in [0.5, 0.6) is 5.75 Å². The van der Waals surface area contributed by atoms with Gasteiger partial charge in [-0.2, -0.15) is 0 Å². The van der Waals surface area contributed by atoms with Crippen LogP contribution in [0.3, 0.4) is 0 Å². The minimum Gasteiger partial charge on any atom is -0.403 e. The van der Waals surface area contributed by atoms with Crippen molar-refractivity contribution < 1.29 is 33.3 Å². The second-order valence-corrected chi connectivity index (χ2v) is 11.6. The highest BCUT2D eigenvalue weighted by atomic mass is 32.2. The lowest BCUT2D eigenvalue weighted by atomic mass is 9.86. The highest BCUT2D eigenvalue weighted by Gasteiger charge is 2.32. The molecule has 4 rings (SSSR count). The standard InChI is InChI=1S/C26H31N2O7PS/c29-16-20-15-19(12-13-23(20)35-36(32,33)34)25(30)27-21-17-37-24-11-5-4-10-22(24)28(26(21)31)14-6-9-18-7-2-1-3-8-18/h4-5,10-13,15-16,18,21H,1-3,6-9,14,17H2,(H,27,30)(H2,32,33,34)/t21-/m0/s1. The predicted molar refractivity (Wildman–Crippen MR) is 141 cm³/mol. The van der Waals surface area contributed by atoms with Crippen LogP contribution in [0.1, 0.15) is 65.7 Å². The quantitative estimate of drug-likeness (QED) is 0.308. The number of carbonyl (C=O) groups excluding carboxylic acids is 3. The number of phosphoric acid groups is 1. The highest BCUT2D eigenvalue weighted by molar-refractivity contribution is 7.99. The molecule has 1 aliphatic heterocycles. The molecule has 11 heteroatoms. The lowest BCUT2D eigenvalue weighted by molar-refractivity contribution is -0.119. The number of carbonyl (C=O) groups is 3. The fourth-order valence-corrected chi connectivity index (χ4v) is 6.43. The van der Waals surface area contributed by atoms with E-state index in [0.29, 0.717) is 24.5 Å². The van der Waals surface area contributed by atoms with Gasteiger partial charge in [-0.05, 0) is 49.1 Å². The van der Waals surface area contributed by atoms with Gasteiger partial charge in [-0.15, -0.1) is 11.8 Å². The molecule has 0 bridgehead atoms. The van der Waals surface area contributed by atoms with Crippen LogP contribution in [-0.4, -0.2) is 46.2 Å². The van der Waals surface area contributed by atoms with Gasteiger partial charge >= 0.3 is 7.82 Å². The minimum atomic E-state index is -4.88. The summed E-state index contributed by atoms with van der Waals surface area (Å²) in [5, 5.41) is 2.79.